The third-order valence-corrected chi connectivity index (χ3v) is 4.03. The highest BCUT2D eigenvalue weighted by molar-refractivity contribution is 7.99. The summed E-state index contributed by atoms with van der Waals surface area (Å²) in [4.78, 5) is 3.96. The van der Waals surface area contributed by atoms with Crippen molar-refractivity contribution in [3.05, 3.63) is 17.7 Å². The van der Waals surface area contributed by atoms with Gasteiger partial charge in [-0.3, -0.25) is 0 Å². The van der Waals surface area contributed by atoms with Gasteiger partial charge in [-0.1, -0.05) is 24.6 Å². The van der Waals surface area contributed by atoms with E-state index < -0.39 is 11.6 Å². The summed E-state index contributed by atoms with van der Waals surface area (Å²) in [6.07, 6.45) is 4.58. The standard InChI is InChI=1S/C11H14F2N2S/c1-14-10-8(12)6-9(13)11(15-10)16-7-4-2-3-5-7/h6-7H,2-5H2,1H3,(H,14,15). The maximum atomic E-state index is 13.5. The monoisotopic (exact) mass is 244 g/mol. The fraction of sp³-hybridized carbons (Fsp3) is 0.545. The molecule has 16 heavy (non-hydrogen) atoms. The van der Waals surface area contributed by atoms with Crippen LogP contribution >= 0.6 is 11.8 Å². The first-order valence-corrected chi connectivity index (χ1v) is 6.29. The molecule has 1 saturated carbocycles. The van der Waals surface area contributed by atoms with Crippen LogP contribution < -0.4 is 5.32 Å². The van der Waals surface area contributed by atoms with Crippen molar-refractivity contribution < 1.29 is 8.78 Å². The molecule has 0 amide bonds. The smallest absolute Gasteiger partial charge is 0.168 e. The van der Waals surface area contributed by atoms with Crippen LogP contribution in [-0.4, -0.2) is 17.3 Å². The third-order valence-electron chi connectivity index (χ3n) is 2.71. The van der Waals surface area contributed by atoms with Crippen molar-refractivity contribution in [1.82, 2.24) is 4.98 Å². The van der Waals surface area contributed by atoms with Crippen LogP contribution in [0.2, 0.25) is 0 Å². The summed E-state index contributed by atoms with van der Waals surface area (Å²) >= 11 is 1.42. The highest BCUT2D eigenvalue weighted by atomic mass is 32.2. The van der Waals surface area contributed by atoms with Gasteiger partial charge in [0.25, 0.3) is 0 Å². The second-order valence-electron chi connectivity index (χ2n) is 3.88. The van der Waals surface area contributed by atoms with Gasteiger partial charge in [-0.15, -0.1) is 0 Å². The molecule has 1 aromatic heterocycles. The summed E-state index contributed by atoms with van der Waals surface area (Å²) < 4.78 is 26.6. The molecule has 88 valence electrons. The van der Waals surface area contributed by atoms with Crippen LogP contribution in [0, 0.1) is 11.6 Å². The Balaban J connectivity index is 2.18. The molecular weight excluding hydrogens is 230 g/mol. The van der Waals surface area contributed by atoms with Crippen molar-refractivity contribution >= 4 is 17.6 Å². The lowest BCUT2D eigenvalue weighted by molar-refractivity contribution is 0.551. The maximum Gasteiger partial charge on any atom is 0.168 e. The number of pyridine rings is 1. The Hall–Kier alpha value is -0.840. The summed E-state index contributed by atoms with van der Waals surface area (Å²) in [5.41, 5.74) is 0. The van der Waals surface area contributed by atoms with Gasteiger partial charge in [0.2, 0.25) is 0 Å². The molecule has 0 saturated heterocycles. The molecule has 2 nitrogen and oxygen atoms in total. The molecule has 5 heteroatoms. The minimum absolute atomic E-state index is 0.113. The Morgan fingerprint density at radius 1 is 1.31 bits per heavy atom. The Bertz CT molecular complexity index is 378. The van der Waals surface area contributed by atoms with E-state index in [2.05, 4.69) is 10.3 Å². The number of halogens is 2. The van der Waals surface area contributed by atoms with Gasteiger partial charge < -0.3 is 5.32 Å². The van der Waals surface area contributed by atoms with Gasteiger partial charge in [0, 0.05) is 18.4 Å². The van der Waals surface area contributed by atoms with E-state index in [0.717, 1.165) is 18.9 Å². The van der Waals surface area contributed by atoms with Gasteiger partial charge in [0.05, 0.1) is 0 Å². The van der Waals surface area contributed by atoms with Crippen LogP contribution in [0.1, 0.15) is 25.7 Å². The van der Waals surface area contributed by atoms with Gasteiger partial charge in [-0.25, -0.2) is 13.8 Å². The van der Waals surface area contributed by atoms with Crippen molar-refractivity contribution in [2.45, 2.75) is 36.0 Å². The zero-order chi connectivity index (χ0) is 11.5. The van der Waals surface area contributed by atoms with E-state index in [4.69, 9.17) is 0 Å². The molecule has 0 spiro atoms. The maximum absolute atomic E-state index is 13.5. The highest BCUT2D eigenvalue weighted by Gasteiger charge is 2.20. The lowest BCUT2D eigenvalue weighted by Gasteiger charge is -2.10. The third kappa shape index (κ3) is 2.45. The Morgan fingerprint density at radius 2 is 2.00 bits per heavy atom. The lowest BCUT2D eigenvalue weighted by atomic mass is 10.4. The van der Waals surface area contributed by atoms with Gasteiger partial charge in [-0.2, -0.15) is 0 Å². The number of rotatable bonds is 3. The first-order chi connectivity index (χ1) is 7.70. The van der Waals surface area contributed by atoms with Gasteiger partial charge in [0.1, 0.15) is 5.03 Å². The van der Waals surface area contributed by atoms with E-state index in [1.54, 1.807) is 7.05 Å². The number of thioether (sulfide) groups is 1. The van der Waals surface area contributed by atoms with Crippen molar-refractivity contribution in [2.24, 2.45) is 0 Å². The van der Waals surface area contributed by atoms with Crippen molar-refractivity contribution in [1.29, 1.82) is 0 Å². The minimum atomic E-state index is -0.643. The summed E-state index contributed by atoms with van der Waals surface area (Å²) in [5.74, 6) is -1.09. The van der Waals surface area contributed by atoms with E-state index in [1.165, 1.54) is 24.6 Å². The number of nitrogens with one attached hydrogen (secondary N) is 1. The predicted molar refractivity (Wildman–Crippen MR) is 61.8 cm³/mol. The number of nitrogens with zero attached hydrogens (tertiary/aromatic N) is 1. The van der Waals surface area contributed by atoms with Crippen LogP contribution in [0.15, 0.2) is 11.1 Å². The lowest BCUT2D eigenvalue weighted by Crippen LogP contribution is -2.02. The van der Waals surface area contributed by atoms with Crippen molar-refractivity contribution in [2.75, 3.05) is 12.4 Å². The van der Waals surface area contributed by atoms with E-state index in [1.807, 2.05) is 0 Å². The summed E-state index contributed by atoms with van der Waals surface area (Å²) in [5, 5.41) is 3.35. The zero-order valence-corrected chi connectivity index (χ0v) is 9.91. The molecule has 0 bridgehead atoms. The fourth-order valence-electron chi connectivity index (χ4n) is 1.87. The SMILES string of the molecule is CNc1nc(SC2CCCC2)c(F)cc1F. The normalized spacial score (nSPS) is 16.7. The number of hydrogen-bond acceptors (Lipinski definition) is 3. The van der Waals surface area contributed by atoms with Gasteiger partial charge in [-0.05, 0) is 12.8 Å². The predicted octanol–water partition coefficient (Wildman–Crippen LogP) is 3.44. The largest absolute Gasteiger partial charge is 0.371 e. The van der Waals surface area contributed by atoms with Crippen LogP contribution in [-0.2, 0) is 0 Å². The second-order valence-corrected chi connectivity index (χ2v) is 5.17. The fourth-order valence-corrected chi connectivity index (χ4v) is 3.07. The summed E-state index contributed by atoms with van der Waals surface area (Å²) in [7, 11) is 1.58. The topological polar surface area (TPSA) is 24.9 Å². The summed E-state index contributed by atoms with van der Waals surface area (Å²) in [6.45, 7) is 0. The molecule has 2 rings (SSSR count). The average Bonchev–Trinajstić information content (AvgIpc) is 2.75. The number of hydrogen-bond donors (Lipinski definition) is 1. The molecule has 0 aromatic carbocycles. The number of anilines is 1. The van der Waals surface area contributed by atoms with Crippen molar-refractivity contribution in [3.8, 4) is 0 Å². The zero-order valence-electron chi connectivity index (χ0n) is 9.09. The van der Waals surface area contributed by atoms with Crippen molar-refractivity contribution in [3.63, 3.8) is 0 Å². The van der Waals surface area contributed by atoms with E-state index in [0.29, 0.717) is 10.3 Å². The van der Waals surface area contributed by atoms with E-state index in [9.17, 15) is 8.78 Å². The van der Waals surface area contributed by atoms with E-state index >= 15 is 0 Å². The first-order valence-electron chi connectivity index (χ1n) is 5.41. The molecular formula is C11H14F2N2S. The van der Waals surface area contributed by atoms with Crippen LogP contribution in [0.4, 0.5) is 14.6 Å². The Kier molecular flexibility index (Phi) is 3.63. The molecule has 0 aliphatic heterocycles. The highest BCUT2D eigenvalue weighted by Crippen LogP contribution is 2.35. The Morgan fingerprint density at radius 3 is 2.62 bits per heavy atom. The minimum Gasteiger partial charge on any atom is -0.371 e. The van der Waals surface area contributed by atoms with Crippen LogP contribution in [0.5, 0.6) is 0 Å². The molecule has 1 heterocycles. The molecule has 1 aliphatic carbocycles. The number of aromatic nitrogens is 1. The van der Waals surface area contributed by atoms with Gasteiger partial charge >= 0.3 is 0 Å². The van der Waals surface area contributed by atoms with Crippen LogP contribution in [0.25, 0.3) is 0 Å². The van der Waals surface area contributed by atoms with Gasteiger partial charge in [0.15, 0.2) is 17.5 Å². The average molecular weight is 244 g/mol. The first kappa shape index (κ1) is 11.6. The molecule has 0 radical (unpaired) electrons. The second kappa shape index (κ2) is 4.99. The molecule has 0 unspecified atom stereocenters. The molecule has 1 fully saturated rings. The summed E-state index contributed by atoms with van der Waals surface area (Å²) in [6, 6.07) is 0.899. The Labute approximate surface area is 97.8 Å². The molecule has 1 aliphatic rings. The quantitative estimate of drug-likeness (QED) is 0.881. The van der Waals surface area contributed by atoms with Crippen LogP contribution in [0.3, 0.4) is 0 Å². The molecule has 0 atom stereocenters. The molecule has 1 aromatic rings. The van der Waals surface area contributed by atoms with E-state index in [-0.39, 0.29) is 5.82 Å². The molecule has 1 N–H and O–H groups in total.